The van der Waals surface area contributed by atoms with Crippen molar-refractivity contribution in [1.82, 2.24) is 9.80 Å². The molecule has 0 aliphatic carbocycles. The summed E-state index contributed by atoms with van der Waals surface area (Å²) < 4.78 is 5.15. The van der Waals surface area contributed by atoms with Gasteiger partial charge in [0.05, 0.1) is 26.1 Å². The zero-order valence-electron chi connectivity index (χ0n) is 14.5. The number of nitrogens with zero attached hydrogens (tertiary/aromatic N) is 3. The number of urea groups is 1. The minimum atomic E-state index is -0.562. The minimum absolute atomic E-state index is 0.266. The van der Waals surface area contributed by atoms with Crippen LogP contribution in [0.15, 0.2) is 41.5 Å². The lowest BCUT2D eigenvalue weighted by Crippen LogP contribution is -2.79. The first-order chi connectivity index (χ1) is 12.0. The number of ether oxygens (including phenoxy) is 1. The van der Waals surface area contributed by atoms with E-state index in [4.69, 9.17) is 4.74 Å². The topological polar surface area (TPSA) is 76.2 Å². The highest BCUT2D eigenvalue weighted by Crippen LogP contribution is 2.18. The normalized spacial score (nSPS) is 21.5. The van der Waals surface area contributed by atoms with Crippen LogP contribution in [0.2, 0.25) is 0 Å². The molecule has 1 aromatic carbocycles. The van der Waals surface area contributed by atoms with Gasteiger partial charge in [0.15, 0.2) is 5.92 Å². The number of rotatable bonds is 4. The van der Waals surface area contributed by atoms with E-state index in [1.54, 1.807) is 26.4 Å². The number of fused-ring (bicyclic) bond motifs is 1. The fourth-order valence-electron chi connectivity index (χ4n) is 2.93. The number of amidine groups is 1. The van der Waals surface area contributed by atoms with Crippen molar-refractivity contribution >= 4 is 23.5 Å². The van der Waals surface area contributed by atoms with Gasteiger partial charge in [-0.2, -0.15) is 4.90 Å². The van der Waals surface area contributed by atoms with Crippen molar-refractivity contribution < 1.29 is 19.3 Å². The van der Waals surface area contributed by atoms with Crippen LogP contribution in [0.3, 0.4) is 0 Å². The summed E-state index contributed by atoms with van der Waals surface area (Å²) in [5, 5.41) is 0. The highest BCUT2D eigenvalue weighted by molar-refractivity contribution is 6.30. The van der Waals surface area contributed by atoms with Crippen LogP contribution in [0.1, 0.15) is 5.56 Å². The number of methoxy groups -OCH3 is 1. The Labute approximate surface area is 146 Å². The van der Waals surface area contributed by atoms with Crippen molar-refractivity contribution in [2.24, 2.45) is 10.9 Å². The smallest absolute Gasteiger partial charge is 0.417 e. The Balaban J connectivity index is 1.74. The van der Waals surface area contributed by atoms with E-state index in [0.717, 1.165) is 22.6 Å². The lowest BCUT2D eigenvalue weighted by atomic mass is 9.95. The number of aliphatic imine (C=N–C) groups is 1. The summed E-state index contributed by atoms with van der Waals surface area (Å²) in [6, 6.07) is 7.48. The van der Waals surface area contributed by atoms with E-state index in [2.05, 4.69) is 9.98 Å². The number of nitrogens with one attached hydrogen (secondary N) is 1. The molecule has 3 amide bonds. The van der Waals surface area contributed by atoms with E-state index in [0.29, 0.717) is 18.1 Å². The molecule has 2 aliphatic rings. The number of carbonyl (C=O) groups is 2. The molecule has 25 heavy (non-hydrogen) atoms. The van der Waals surface area contributed by atoms with Crippen LogP contribution >= 0.6 is 0 Å². The number of hydrogen-bond acceptors (Lipinski definition) is 4. The average Bonchev–Trinajstić information content (AvgIpc) is 2.65. The maximum Gasteiger partial charge on any atom is 0.417 e. The van der Waals surface area contributed by atoms with Crippen LogP contribution in [-0.4, -0.2) is 61.0 Å². The minimum Gasteiger partial charge on any atom is -0.497 e. The predicted octanol–water partition coefficient (Wildman–Crippen LogP) is -0.175. The first kappa shape index (κ1) is 16.9. The van der Waals surface area contributed by atoms with Crippen LogP contribution in [0, 0.1) is 5.92 Å². The quantitative estimate of drug-likeness (QED) is 0.826. The fraction of sp³-hybridized carbons (Fsp3) is 0.333. The summed E-state index contributed by atoms with van der Waals surface area (Å²) >= 11 is 0. The van der Waals surface area contributed by atoms with Gasteiger partial charge in [-0.3, -0.25) is 9.79 Å². The molecular formula is C18H21N4O3+. The summed E-state index contributed by atoms with van der Waals surface area (Å²) in [6.45, 7) is 0.560. The molecule has 3 rings (SSSR count). The van der Waals surface area contributed by atoms with Crippen molar-refractivity contribution in [3.05, 3.63) is 42.1 Å². The molecule has 2 aliphatic heterocycles. The van der Waals surface area contributed by atoms with E-state index >= 15 is 0 Å². The Morgan fingerprint density at radius 3 is 2.56 bits per heavy atom. The molecule has 1 saturated heterocycles. The number of imide groups is 1. The first-order valence-electron chi connectivity index (χ1n) is 8.05. The first-order valence-corrected chi connectivity index (χ1v) is 8.05. The van der Waals surface area contributed by atoms with Crippen LogP contribution in [-0.2, 0) is 11.2 Å². The molecule has 1 atom stereocenters. The third kappa shape index (κ3) is 3.17. The maximum absolute atomic E-state index is 12.5. The summed E-state index contributed by atoms with van der Waals surface area (Å²) in [5.74, 6) is 0.546. The van der Waals surface area contributed by atoms with Gasteiger partial charge >= 0.3 is 6.03 Å². The number of amides is 3. The van der Waals surface area contributed by atoms with E-state index in [9.17, 15) is 9.59 Å². The zero-order valence-corrected chi connectivity index (χ0v) is 14.5. The van der Waals surface area contributed by atoms with Crippen molar-refractivity contribution in [1.29, 1.82) is 0 Å². The number of hydrogen-bond donors (Lipinski definition) is 1. The second-order valence-electron chi connectivity index (χ2n) is 5.94. The van der Waals surface area contributed by atoms with E-state index < -0.39 is 5.92 Å². The second kappa shape index (κ2) is 6.88. The van der Waals surface area contributed by atoms with Gasteiger partial charge in [-0.05, 0) is 30.2 Å². The van der Waals surface area contributed by atoms with Crippen LogP contribution in [0.25, 0.3) is 0 Å². The lowest BCUT2D eigenvalue weighted by Gasteiger charge is -2.31. The molecule has 130 valence electrons. The van der Waals surface area contributed by atoms with Gasteiger partial charge in [-0.15, -0.1) is 0 Å². The van der Waals surface area contributed by atoms with Gasteiger partial charge in [0.2, 0.25) is 0 Å². The summed E-state index contributed by atoms with van der Waals surface area (Å²) in [6.07, 6.45) is 4.26. The number of allylic oxidation sites excluding steroid dienone is 1. The van der Waals surface area contributed by atoms with Gasteiger partial charge in [0.25, 0.3) is 11.7 Å². The summed E-state index contributed by atoms with van der Waals surface area (Å²) in [7, 11) is 4.78. The third-order valence-electron chi connectivity index (χ3n) is 4.42. The van der Waals surface area contributed by atoms with Crippen LogP contribution in [0.5, 0.6) is 5.75 Å². The molecule has 0 aromatic heterocycles. The average molecular weight is 341 g/mol. The Morgan fingerprint density at radius 2 is 1.88 bits per heavy atom. The number of benzene rings is 1. The summed E-state index contributed by atoms with van der Waals surface area (Å²) in [4.78, 5) is 34.8. The molecular weight excluding hydrogens is 320 g/mol. The van der Waals surface area contributed by atoms with E-state index in [-0.39, 0.29) is 11.9 Å². The Morgan fingerprint density at radius 1 is 1.16 bits per heavy atom. The van der Waals surface area contributed by atoms with Gasteiger partial charge in [0.1, 0.15) is 5.75 Å². The largest absolute Gasteiger partial charge is 0.497 e. The molecule has 7 nitrogen and oxygen atoms in total. The van der Waals surface area contributed by atoms with Crippen molar-refractivity contribution in [3.8, 4) is 5.75 Å². The molecule has 1 fully saturated rings. The maximum atomic E-state index is 12.5. The zero-order chi connectivity index (χ0) is 18.0. The third-order valence-corrected chi connectivity index (χ3v) is 4.42. The second-order valence-corrected chi connectivity index (χ2v) is 5.94. The molecule has 0 radical (unpaired) electrons. The lowest BCUT2D eigenvalue weighted by molar-refractivity contribution is -0.382. The SMILES string of the molecule is COc1ccc(CCN=C2C=C[NH+]=C3C2C(=O)N(C)C(=O)N3C)cc1. The fourth-order valence-corrected chi connectivity index (χ4v) is 2.93. The van der Waals surface area contributed by atoms with E-state index in [1.165, 1.54) is 11.9 Å². The summed E-state index contributed by atoms with van der Waals surface area (Å²) in [5.41, 5.74) is 1.81. The molecule has 0 saturated carbocycles. The van der Waals surface area contributed by atoms with Crippen molar-refractivity contribution in [2.75, 3.05) is 27.7 Å². The standard InChI is InChI=1S/C18H20N4O3/c1-21-16-15(17(23)22(2)18(21)24)14(9-11-20-16)19-10-8-12-4-6-13(25-3)7-5-12/h4-7,9,11,15H,8,10H2,1-3H3/p+1. The van der Waals surface area contributed by atoms with Gasteiger partial charge < -0.3 is 4.74 Å². The van der Waals surface area contributed by atoms with Crippen LogP contribution < -0.4 is 9.73 Å². The molecule has 0 bridgehead atoms. The Bertz CT molecular complexity index is 780. The van der Waals surface area contributed by atoms with Gasteiger partial charge in [-0.1, -0.05) is 12.1 Å². The Kier molecular flexibility index (Phi) is 4.65. The molecule has 0 spiro atoms. The van der Waals surface area contributed by atoms with Crippen molar-refractivity contribution in [3.63, 3.8) is 0 Å². The van der Waals surface area contributed by atoms with Crippen LogP contribution in [0.4, 0.5) is 4.79 Å². The Hall–Kier alpha value is -2.96. The van der Waals surface area contributed by atoms with Gasteiger partial charge in [-0.25, -0.2) is 14.7 Å². The molecule has 1 unspecified atom stereocenters. The highest BCUT2D eigenvalue weighted by atomic mass is 16.5. The molecule has 1 N–H and O–H groups in total. The molecule has 7 heteroatoms. The highest BCUT2D eigenvalue weighted by Gasteiger charge is 2.49. The molecule has 2 heterocycles. The predicted molar refractivity (Wildman–Crippen MR) is 93.5 cm³/mol. The van der Waals surface area contributed by atoms with E-state index in [1.807, 2.05) is 24.3 Å². The monoisotopic (exact) mass is 341 g/mol. The number of carbonyl (C=O) groups excluding carboxylic acids is 2. The van der Waals surface area contributed by atoms with Gasteiger partial charge in [0, 0.05) is 13.6 Å². The van der Waals surface area contributed by atoms with Crippen molar-refractivity contribution in [2.45, 2.75) is 6.42 Å². The molecule has 1 aromatic rings.